The highest BCUT2D eigenvalue weighted by molar-refractivity contribution is 7.12. The maximum Gasteiger partial charge on any atom is 0.346 e. The average Bonchev–Trinajstić information content (AvgIpc) is 2.93. The molecule has 0 saturated heterocycles. The first kappa shape index (κ1) is 15.7. The molecule has 3 nitrogen and oxygen atoms in total. The topological polar surface area (TPSA) is 49.3 Å². The number of rotatable bonds is 7. The molecule has 0 aliphatic heterocycles. The van der Waals surface area contributed by atoms with E-state index in [0.717, 1.165) is 18.4 Å². The molecule has 4 heteroatoms. The van der Waals surface area contributed by atoms with Crippen LogP contribution in [0.4, 0.5) is 0 Å². The van der Waals surface area contributed by atoms with Crippen LogP contribution in [0, 0.1) is 0 Å². The van der Waals surface area contributed by atoms with E-state index in [1.807, 2.05) is 17.5 Å². The van der Waals surface area contributed by atoms with Crippen molar-refractivity contribution in [1.29, 1.82) is 0 Å². The van der Waals surface area contributed by atoms with Gasteiger partial charge in [0.25, 0.3) is 0 Å². The van der Waals surface area contributed by atoms with Crippen LogP contribution >= 0.6 is 11.3 Å². The molecule has 2 aromatic rings. The van der Waals surface area contributed by atoms with Crippen LogP contribution < -0.4 is 5.32 Å². The highest BCUT2D eigenvalue weighted by Gasteiger charge is 2.19. The number of carboxylic acid groups (broad SMARTS) is 1. The number of thiophene rings is 1. The smallest absolute Gasteiger partial charge is 0.346 e. The Labute approximate surface area is 129 Å². The molecule has 21 heavy (non-hydrogen) atoms. The first-order valence-electron chi connectivity index (χ1n) is 7.06. The van der Waals surface area contributed by atoms with Crippen LogP contribution in [-0.4, -0.2) is 16.6 Å². The number of aryl methyl sites for hydroxylation is 1. The minimum Gasteiger partial charge on any atom is -0.477 e. The van der Waals surface area contributed by atoms with E-state index >= 15 is 0 Å². The Kier molecular flexibility index (Phi) is 5.15. The minimum absolute atomic E-state index is 0.0342. The summed E-state index contributed by atoms with van der Waals surface area (Å²) in [4.78, 5) is 11.5. The molecule has 0 spiro atoms. The summed E-state index contributed by atoms with van der Waals surface area (Å²) in [6.07, 6.45) is 2.01. The van der Waals surface area contributed by atoms with Crippen LogP contribution in [0.15, 0.2) is 41.8 Å². The summed E-state index contributed by atoms with van der Waals surface area (Å²) >= 11 is 1.28. The van der Waals surface area contributed by atoms with Gasteiger partial charge in [0.2, 0.25) is 0 Å². The lowest BCUT2D eigenvalue weighted by Crippen LogP contribution is -2.39. The second kappa shape index (κ2) is 6.87. The molecule has 0 aliphatic carbocycles. The molecule has 2 N–H and O–H groups in total. The van der Waals surface area contributed by atoms with Gasteiger partial charge in [-0.15, -0.1) is 11.3 Å². The first-order chi connectivity index (χ1) is 9.98. The maximum atomic E-state index is 11.1. The van der Waals surface area contributed by atoms with Crippen molar-refractivity contribution >= 4 is 17.3 Å². The Hall–Kier alpha value is -1.65. The van der Waals surface area contributed by atoms with Gasteiger partial charge >= 0.3 is 5.97 Å². The molecule has 1 aromatic carbocycles. The zero-order chi connectivity index (χ0) is 15.3. The van der Waals surface area contributed by atoms with Crippen molar-refractivity contribution in [3.63, 3.8) is 0 Å². The highest BCUT2D eigenvalue weighted by atomic mass is 32.1. The van der Waals surface area contributed by atoms with E-state index in [2.05, 4.69) is 43.4 Å². The first-order valence-corrected chi connectivity index (χ1v) is 7.94. The Morgan fingerprint density at radius 1 is 1.24 bits per heavy atom. The fourth-order valence-electron chi connectivity index (χ4n) is 2.19. The van der Waals surface area contributed by atoms with Gasteiger partial charge in [-0.1, -0.05) is 30.3 Å². The van der Waals surface area contributed by atoms with E-state index in [9.17, 15) is 4.79 Å². The van der Waals surface area contributed by atoms with Crippen molar-refractivity contribution in [1.82, 2.24) is 5.32 Å². The fourth-order valence-corrected chi connectivity index (χ4v) is 2.95. The second-order valence-electron chi connectivity index (χ2n) is 5.80. The number of benzene rings is 1. The summed E-state index contributed by atoms with van der Waals surface area (Å²) in [5, 5.41) is 14.4. The third-order valence-corrected chi connectivity index (χ3v) is 4.52. The Bertz CT molecular complexity index is 590. The van der Waals surface area contributed by atoms with Crippen molar-refractivity contribution in [2.24, 2.45) is 0 Å². The van der Waals surface area contributed by atoms with E-state index < -0.39 is 5.97 Å². The quantitative estimate of drug-likeness (QED) is 0.814. The van der Waals surface area contributed by atoms with Crippen molar-refractivity contribution < 1.29 is 9.90 Å². The van der Waals surface area contributed by atoms with E-state index in [0.29, 0.717) is 11.4 Å². The molecule has 0 aliphatic rings. The molecule has 1 aromatic heterocycles. The van der Waals surface area contributed by atoms with Crippen LogP contribution in [0.1, 0.15) is 41.1 Å². The van der Waals surface area contributed by atoms with Gasteiger partial charge in [0.05, 0.1) is 0 Å². The molecule has 0 bridgehead atoms. The predicted molar refractivity (Wildman–Crippen MR) is 87.0 cm³/mol. The maximum absolute atomic E-state index is 11.1. The molecular formula is C17H21NO2S. The summed E-state index contributed by atoms with van der Waals surface area (Å²) in [5.41, 5.74) is 2.16. The van der Waals surface area contributed by atoms with Gasteiger partial charge in [0, 0.05) is 12.1 Å². The number of carboxylic acids is 1. The zero-order valence-corrected chi connectivity index (χ0v) is 13.2. The van der Waals surface area contributed by atoms with E-state index in [1.54, 1.807) is 0 Å². The second-order valence-corrected chi connectivity index (χ2v) is 6.72. The van der Waals surface area contributed by atoms with E-state index in [1.165, 1.54) is 16.9 Å². The van der Waals surface area contributed by atoms with Gasteiger partial charge in [0.15, 0.2) is 0 Å². The monoisotopic (exact) mass is 303 g/mol. The van der Waals surface area contributed by atoms with Crippen LogP contribution in [0.25, 0.3) is 0 Å². The SMILES string of the molecule is CC(C)(CCc1ccccc1)NCc1ccsc1C(=O)O. The van der Waals surface area contributed by atoms with E-state index in [4.69, 9.17) is 5.11 Å². The van der Waals surface area contributed by atoms with Gasteiger partial charge in [-0.05, 0) is 49.3 Å². The van der Waals surface area contributed by atoms with Crippen molar-refractivity contribution in [2.75, 3.05) is 0 Å². The van der Waals surface area contributed by atoms with Crippen molar-refractivity contribution in [3.05, 3.63) is 57.8 Å². The Balaban J connectivity index is 1.89. The van der Waals surface area contributed by atoms with Gasteiger partial charge in [0.1, 0.15) is 4.88 Å². The number of carbonyl (C=O) groups is 1. The van der Waals surface area contributed by atoms with Gasteiger partial charge < -0.3 is 10.4 Å². The third kappa shape index (κ3) is 4.69. The van der Waals surface area contributed by atoms with Crippen LogP contribution in [0.3, 0.4) is 0 Å². The Morgan fingerprint density at radius 2 is 1.95 bits per heavy atom. The average molecular weight is 303 g/mol. The minimum atomic E-state index is -0.844. The number of hydrogen-bond donors (Lipinski definition) is 2. The molecule has 0 radical (unpaired) electrons. The molecule has 0 atom stereocenters. The Morgan fingerprint density at radius 3 is 2.62 bits per heavy atom. The lowest BCUT2D eigenvalue weighted by atomic mass is 9.95. The molecule has 112 valence electrons. The molecule has 0 fully saturated rings. The normalized spacial score (nSPS) is 11.5. The van der Waals surface area contributed by atoms with Crippen LogP contribution in [0.2, 0.25) is 0 Å². The fraction of sp³-hybridized carbons (Fsp3) is 0.353. The zero-order valence-electron chi connectivity index (χ0n) is 12.4. The molecule has 1 heterocycles. The lowest BCUT2D eigenvalue weighted by Gasteiger charge is -2.26. The molecule has 0 unspecified atom stereocenters. The van der Waals surface area contributed by atoms with Crippen molar-refractivity contribution in [3.8, 4) is 0 Å². The summed E-state index contributed by atoms with van der Waals surface area (Å²) in [6.45, 7) is 4.90. The number of nitrogens with one attached hydrogen (secondary N) is 1. The van der Waals surface area contributed by atoms with Gasteiger partial charge in [-0.3, -0.25) is 0 Å². The summed E-state index contributed by atoms with van der Waals surface area (Å²) in [5.74, 6) is -0.844. The standard InChI is InChI=1S/C17H21NO2S/c1-17(2,10-8-13-6-4-3-5-7-13)18-12-14-9-11-21-15(14)16(19)20/h3-7,9,11,18H,8,10,12H2,1-2H3,(H,19,20). The highest BCUT2D eigenvalue weighted by Crippen LogP contribution is 2.19. The summed E-state index contributed by atoms with van der Waals surface area (Å²) < 4.78 is 0. The van der Waals surface area contributed by atoms with E-state index in [-0.39, 0.29) is 5.54 Å². The third-order valence-electron chi connectivity index (χ3n) is 3.58. The number of aromatic carboxylic acids is 1. The van der Waals surface area contributed by atoms with Gasteiger partial charge in [-0.25, -0.2) is 4.79 Å². The van der Waals surface area contributed by atoms with Crippen LogP contribution in [0.5, 0.6) is 0 Å². The summed E-state index contributed by atoms with van der Waals surface area (Å²) in [6, 6.07) is 12.3. The lowest BCUT2D eigenvalue weighted by molar-refractivity contribution is 0.0700. The van der Waals surface area contributed by atoms with Crippen molar-refractivity contribution in [2.45, 2.75) is 38.8 Å². The van der Waals surface area contributed by atoms with Crippen LogP contribution in [-0.2, 0) is 13.0 Å². The van der Waals surface area contributed by atoms with Gasteiger partial charge in [-0.2, -0.15) is 0 Å². The molecule has 0 saturated carbocycles. The summed E-state index contributed by atoms with van der Waals surface area (Å²) in [7, 11) is 0. The predicted octanol–water partition coefficient (Wildman–Crippen LogP) is 3.95. The molecule has 0 amide bonds. The number of hydrogen-bond acceptors (Lipinski definition) is 3. The molecular weight excluding hydrogens is 282 g/mol. The molecule has 2 rings (SSSR count). The largest absolute Gasteiger partial charge is 0.477 e.